The van der Waals surface area contributed by atoms with E-state index >= 15 is 0 Å². The van der Waals surface area contributed by atoms with E-state index in [0.717, 1.165) is 6.42 Å². The number of carbonyl (C=O) groups excluding carboxylic acids is 3. The highest BCUT2D eigenvalue weighted by atomic mass is 16.5. The average molecular weight is 427 g/mol. The fourth-order valence-corrected chi connectivity index (χ4v) is 3.08. The molecule has 0 radical (unpaired) electrons. The van der Waals surface area contributed by atoms with Crippen LogP contribution in [0.2, 0.25) is 0 Å². The van der Waals surface area contributed by atoms with Crippen molar-refractivity contribution >= 4 is 23.4 Å². The van der Waals surface area contributed by atoms with Crippen LogP contribution in [0, 0.1) is 0 Å². The van der Waals surface area contributed by atoms with Gasteiger partial charge in [0.25, 0.3) is 11.8 Å². The monoisotopic (exact) mass is 427 g/mol. The minimum atomic E-state index is -0.974. The molecule has 0 bridgehead atoms. The highest BCUT2D eigenvalue weighted by Gasteiger charge is 2.32. The molecule has 1 aliphatic heterocycles. The first-order valence-electron chi connectivity index (χ1n) is 9.89. The predicted molar refractivity (Wildman–Crippen MR) is 113 cm³/mol. The molecule has 1 atom stereocenters. The second kappa shape index (κ2) is 9.84. The third-order valence-electron chi connectivity index (χ3n) is 4.63. The van der Waals surface area contributed by atoms with Gasteiger partial charge < -0.3 is 19.1 Å². The van der Waals surface area contributed by atoms with Crippen molar-refractivity contribution < 1.29 is 28.6 Å². The van der Waals surface area contributed by atoms with E-state index in [1.807, 2.05) is 6.92 Å². The first-order chi connectivity index (χ1) is 14.9. The number of para-hydroxylation sites is 2. The van der Waals surface area contributed by atoms with E-state index < -0.39 is 17.9 Å². The highest BCUT2D eigenvalue weighted by Crippen LogP contribution is 2.33. The molecule has 31 heavy (non-hydrogen) atoms. The SMILES string of the molecule is CCCOc1ccc(C(=O)NNC(=O)C2CN(C(C)=O)c3ccccc3O2)cc1OC. The fraction of sp³-hybridized carbons (Fsp3) is 0.318. The zero-order valence-corrected chi connectivity index (χ0v) is 17.6. The summed E-state index contributed by atoms with van der Waals surface area (Å²) in [7, 11) is 1.48. The number of methoxy groups -OCH3 is 1. The van der Waals surface area contributed by atoms with Crippen LogP contribution in [0.3, 0.4) is 0 Å². The van der Waals surface area contributed by atoms with E-state index in [0.29, 0.717) is 29.5 Å². The Morgan fingerprint density at radius 3 is 2.61 bits per heavy atom. The van der Waals surface area contributed by atoms with Gasteiger partial charge in [-0.05, 0) is 36.8 Å². The summed E-state index contributed by atoms with van der Waals surface area (Å²) in [4.78, 5) is 38.5. The smallest absolute Gasteiger partial charge is 0.281 e. The molecular formula is C22H25N3O6. The van der Waals surface area contributed by atoms with Crippen molar-refractivity contribution in [1.82, 2.24) is 10.9 Å². The zero-order chi connectivity index (χ0) is 22.4. The summed E-state index contributed by atoms with van der Waals surface area (Å²) in [6.45, 7) is 3.96. The molecule has 9 heteroatoms. The van der Waals surface area contributed by atoms with Crippen molar-refractivity contribution in [3.05, 3.63) is 48.0 Å². The predicted octanol–water partition coefficient (Wildman–Crippen LogP) is 2.06. The van der Waals surface area contributed by atoms with Gasteiger partial charge in [0.2, 0.25) is 5.91 Å². The Kier molecular flexibility index (Phi) is 6.96. The zero-order valence-electron chi connectivity index (χ0n) is 17.6. The van der Waals surface area contributed by atoms with Gasteiger partial charge in [0.15, 0.2) is 17.6 Å². The Labute approximate surface area is 180 Å². The number of amides is 3. The van der Waals surface area contributed by atoms with Crippen molar-refractivity contribution in [3.8, 4) is 17.2 Å². The maximum atomic E-state index is 12.6. The summed E-state index contributed by atoms with van der Waals surface area (Å²) in [6.07, 6.45) is -0.134. The first-order valence-corrected chi connectivity index (χ1v) is 9.89. The molecule has 2 aromatic rings. The Balaban J connectivity index is 1.64. The molecule has 164 valence electrons. The topological polar surface area (TPSA) is 106 Å². The lowest BCUT2D eigenvalue weighted by Crippen LogP contribution is -2.54. The number of ether oxygens (including phenoxy) is 3. The van der Waals surface area contributed by atoms with E-state index in [-0.39, 0.29) is 18.0 Å². The minimum absolute atomic E-state index is 0.0331. The molecule has 1 heterocycles. The van der Waals surface area contributed by atoms with E-state index in [9.17, 15) is 14.4 Å². The number of carbonyl (C=O) groups is 3. The van der Waals surface area contributed by atoms with Gasteiger partial charge >= 0.3 is 0 Å². The lowest BCUT2D eigenvalue weighted by molar-refractivity contribution is -0.129. The number of fused-ring (bicyclic) bond motifs is 1. The van der Waals surface area contributed by atoms with Gasteiger partial charge in [-0.1, -0.05) is 19.1 Å². The van der Waals surface area contributed by atoms with Gasteiger partial charge in [-0.2, -0.15) is 0 Å². The van der Waals surface area contributed by atoms with Gasteiger partial charge in [0.05, 0.1) is 25.9 Å². The van der Waals surface area contributed by atoms with Crippen molar-refractivity contribution in [2.75, 3.05) is 25.2 Å². The number of benzene rings is 2. The van der Waals surface area contributed by atoms with Gasteiger partial charge in [0, 0.05) is 12.5 Å². The molecule has 1 aliphatic rings. The highest BCUT2D eigenvalue weighted by molar-refractivity contribution is 5.98. The van der Waals surface area contributed by atoms with Crippen LogP contribution in [0.15, 0.2) is 42.5 Å². The van der Waals surface area contributed by atoms with Crippen LogP contribution < -0.4 is 30.0 Å². The Morgan fingerprint density at radius 1 is 1.13 bits per heavy atom. The fourth-order valence-electron chi connectivity index (χ4n) is 3.08. The number of hydrogen-bond acceptors (Lipinski definition) is 6. The minimum Gasteiger partial charge on any atom is -0.493 e. The van der Waals surface area contributed by atoms with Gasteiger partial charge in [-0.3, -0.25) is 25.2 Å². The Hall–Kier alpha value is -3.75. The van der Waals surface area contributed by atoms with E-state index in [2.05, 4.69) is 10.9 Å². The number of rotatable bonds is 6. The van der Waals surface area contributed by atoms with Crippen LogP contribution in [0.1, 0.15) is 30.6 Å². The number of nitrogens with zero attached hydrogens (tertiary/aromatic N) is 1. The molecule has 9 nitrogen and oxygen atoms in total. The van der Waals surface area contributed by atoms with Crippen molar-refractivity contribution in [1.29, 1.82) is 0 Å². The Bertz CT molecular complexity index is 977. The molecule has 3 amide bonds. The molecule has 0 aliphatic carbocycles. The van der Waals surface area contributed by atoms with Gasteiger partial charge in [-0.25, -0.2) is 0 Å². The lowest BCUT2D eigenvalue weighted by atomic mass is 10.1. The molecule has 3 rings (SSSR count). The van der Waals surface area contributed by atoms with Crippen LogP contribution in [0.25, 0.3) is 0 Å². The largest absolute Gasteiger partial charge is 0.493 e. The number of hydrazine groups is 1. The summed E-state index contributed by atoms with van der Waals surface area (Å²) < 4.78 is 16.6. The van der Waals surface area contributed by atoms with Crippen LogP contribution >= 0.6 is 0 Å². The molecule has 0 aromatic heterocycles. The van der Waals surface area contributed by atoms with Crippen molar-refractivity contribution in [2.45, 2.75) is 26.4 Å². The summed E-state index contributed by atoms with van der Waals surface area (Å²) in [5.74, 6) is 0.0375. The molecule has 1 unspecified atom stereocenters. The molecule has 0 spiro atoms. The third kappa shape index (κ3) is 5.06. The van der Waals surface area contributed by atoms with Gasteiger partial charge in [0.1, 0.15) is 5.75 Å². The van der Waals surface area contributed by atoms with Gasteiger partial charge in [-0.15, -0.1) is 0 Å². The third-order valence-corrected chi connectivity index (χ3v) is 4.63. The number of anilines is 1. The maximum absolute atomic E-state index is 12.6. The second-order valence-corrected chi connectivity index (χ2v) is 6.86. The molecule has 0 fully saturated rings. The van der Waals surface area contributed by atoms with Crippen molar-refractivity contribution in [2.24, 2.45) is 0 Å². The van der Waals surface area contributed by atoms with Crippen LogP contribution in [0.5, 0.6) is 17.2 Å². The van der Waals surface area contributed by atoms with Crippen molar-refractivity contribution in [3.63, 3.8) is 0 Å². The van der Waals surface area contributed by atoms with Crippen LogP contribution in [-0.2, 0) is 9.59 Å². The lowest BCUT2D eigenvalue weighted by Gasteiger charge is -2.33. The van der Waals surface area contributed by atoms with Crippen LogP contribution in [-0.4, -0.2) is 44.1 Å². The summed E-state index contributed by atoms with van der Waals surface area (Å²) >= 11 is 0. The molecule has 2 aromatic carbocycles. The summed E-state index contributed by atoms with van der Waals surface area (Å²) in [6, 6.07) is 11.7. The number of hydrogen-bond donors (Lipinski definition) is 2. The second-order valence-electron chi connectivity index (χ2n) is 6.86. The van der Waals surface area contributed by atoms with E-state index in [1.54, 1.807) is 36.4 Å². The molecular weight excluding hydrogens is 402 g/mol. The summed E-state index contributed by atoms with van der Waals surface area (Å²) in [5, 5.41) is 0. The average Bonchev–Trinajstić information content (AvgIpc) is 2.79. The first kappa shape index (κ1) is 21.9. The standard InChI is InChI=1S/C22H25N3O6/c1-4-11-30-18-10-9-15(12-19(18)29-3)21(27)23-24-22(28)20-13-25(14(2)26)16-7-5-6-8-17(16)31-20/h5-10,12,20H,4,11,13H2,1-3H3,(H,23,27)(H,24,28). The molecule has 0 saturated carbocycles. The Morgan fingerprint density at radius 2 is 1.90 bits per heavy atom. The normalized spacial score (nSPS) is 14.7. The molecule has 2 N–H and O–H groups in total. The summed E-state index contributed by atoms with van der Waals surface area (Å²) in [5.41, 5.74) is 5.59. The number of nitrogens with one attached hydrogen (secondary N) is 2. The van der Waals surface area contributed by atoms with Crippen LogP contribution in [0.4, 0.5) is 5.69 Å². The van der Waals surface area contributed by atoms with E-state index in [4.69, 9.17) is 14.2 Å². The van der Waals surface area contributed by atoms with E-state index in [1.165, 1.54) is 25.0 Å². The quantitative estimate of drug-likeness (QED) is 0.684. The maximum Gasteiger partial charge on any atom is 0.281 e. The molecule has 0 saturated heterocycles.